The van der Waals surface area contributed by atoms with Crippen LogP contribution in [0.5, 0.6) is 0 Å². The molecule has 4 heteroatoms. The molecule has 1 aliphatic rings. The first-order chi connectivity index (χ1) is 7.69. The summed E-state index contributed by atoms with van der Waals surface area (Å²) in [5, 5.41) is 2.67. The van der Waals surface area contributed by atoms with Crippen LogP contribution in [0.3, 0.4) is 0 Å². The maximum absolute atomic E-state index is 11.8. The fourth-order valence-electron chi connectivity index (χ4n) is 2.51. The molecule has 1 aliphatic heterocycles. The van der Waals surface area contributed by atoms with Gasteiger partial charge in [0.2, 0.25) is 0 Å². The zero-order valence-corrected chi connectivity index (χ0v) is 10.2. The second-order valence-corrected chi connectivity index (χ2v) is 4.39. The molecule has 0 saturated carbocycles. The average molecular weight is 221 g/mol. The van der Waals surface area contributed by atoms with E-state index >= 15 is 0 Å². The first kappa shape index (κ1) is 11.2. The maximum atomic E-state index is 11.8. The Morgan fingerprint density at radius 1 is 1.62 bits per heavy atom. The van der Waals surface area contributed by atoms with Crippen LogP contribution in [0.1, 0.15) is 54.6 Å². The molecule has 1 atom stereocenters. The lowest BCUT2D eigenvalue weighted by Gasteiger charge is -2.22. The van der Waals surface area contributed by atoms with Crippen LogP contribution in [0.4, 0.5) is 0 Å². The molecule has 0 aliphatic carbocycles. The Morgan fingerprint density at radius 3 is 3.00 bits per heavy atom. The maximum Gasteiger partial charge on any atom is 0.271 e. The van der Waals surface area contributed by atoms with E-state index in [9.17, 15) is 4.79 Å². The lowest BCUT2D eigenvalue weighted by Crippen LogP contribution is -2.23. The summed E-state index contributed by atoms with van der Waals surface area (Å²) < 4.78 is 2.23. The second kappa shape index (κ2) is 4.28. The third-order valence-corrected chi connectivity index (χ3v) is 3.33. The van der Waals surface area contributed by atoms with Gasteiger partial charge in [0.15, 0.2) is 0 Å². The van der Waals surface area contributed by atoms with E-state index in [0.29, 0.717) is 11.6 Å². The van der Waals surface area contributed by atoms with E-state index in [-0.39, 0.29) is 5.91 Å². The van der Waals surface area contributed by atoms with E-state index in [1.165, 1.54) is 6.42 Å². The number of aromatic nitrogens is 2. The van der Waals surface area contributed by atoms with Gasteiger partial charge in [-0.05, 0) is 18.8 Å². The molecule has 16 heavy (non-hydrogen) atoms. The van der Waals surface area contributed by atoms with Crippen molar-refractivity contribution in [2.45, 2.75) is 45.6 Å². The summed E-state index contributed by atoms with van der Waals surface area (Å²) in [6.45, 7) is 5.27. The van der Waals surface area contributed by atoms with Crippen LogP contribution in [0.2, 0.25) is 0 Å². The average Bonchev–Trinajstić information content (AvgIpc) is 2.68. The van der Waals surface area contributed by atoms with E-state index in [1.54, 1.807) is 7.05 Å². The highest BCUT2D eigenvalue weighted by Gasteiger charge is 2.27. The summed E-state index contributed by atoms with van der Waals surface area (Å²) in [7, 11) is 1.66. The first-order valence-corrected chi connectivity index (χ1v) is 6.00. The van der Waals surface area contributed by atoms with Crippen LogP contribution in [-0.2, 0) is 13.0 Å². The standard InChI is InChI=1S/C12H19N3O/c1-4-9-14-10(12(16)13-3)11-8(2)6-5-7-15(9)11/h8H,4-7H2,1-3H3,(H,13,16). The van der Waals surface area contributed by atoms with Gasteiger partial charge in [0.25, 0.3) is 5.91 Å². The largest absolute Gasteiger partial charge is 0.354 e. The number of hydrogen-bond acceptors (Lipinski definition) is 2. The van der Waals surface area contributed by atoms with E-state index in [4.69, 9.17) is 0 Å². The molecule has 0 saturated heterocycles. The molecular formula is C12H19N3O. The van der Waals surface area contributed by atoms with Crippen molar-refractivity contribution < 1.29 is 4.79 Å². The van der Waals surface area contributed by atoms with Crippen LogP contribution >= 0.6 is 0 Å². The Balaban J connectivity index is 2.53. The zero-order chi connectivity index (χ0) is 11.7. The predicted octanol–water partition coefficient (Wildman–Crippen LogP) is 1.70. The third-order valence-electron chi connectivity index (χ3n) is 3.33. The summed E-state index contributed by atoms with van der Waals surface area (Å²) in [6.07, 6.45) is 3.22. The van der Waals surface area contributed by atoms with Crippen LogP contribution in [0, 0.1) is 0 Å². The van der Waals surface area contributed by atoms with Gasteiger partial charge in [-0.15, -0.1) is 0 Å². The molecule has 1 aromatic rings. The summed E-state index contributed by atoms with van der Waals surface area (Å²) in [5.74, 6) is 1.42. The highest BCUT2D eigenvalue weighted by Crippen LogP contribution is 2.30. The first-order valence-electron chi connectivity index (χ1n) is 6.00. The van der Waals surface area contributed by atoms with Crippen LogP contribution in [0.15, 0.2) is 0 Å². The van der Waals surface area contributed by atoms with Gasteiger partial charge < -0.3 is 9.88 Å². The topological polar surface area (TPSA) is 46.9 Å². The Labute approximate surface area is 96.1 Å². The highest BCUT2D eigenvalue weighted by molar-refractivity contribution is 5.93. The molecule has 1 unspecified atom stereocenters. The number of carbonyl (C=O) groups excluding carboxylic acids is 1. The number of fused-ring (bicyclic) bond motifs is 1. The second-order valence-electron chi connectivity index (χ2n) is 4.39. The molecule has 1 aromatic heterocycles. The number of hydrogen-bond donors (Lipinski definition) is 1. The number of rotatable bonds is 2. The molecule has 2 rings (SSSR count). The van der Waals surface area contributed by atoms with E-state index < -0.39 is 0 Å². The lowest BCUT2D eigenvalue weighted by atomic mass is 9.96. The fraction of sp³-hybridized carbons (Fsp3) is 0.667. The van der Waals surface area contributed by atoms with Crippen molar-refractivity contribution in [3.05, 3.63) is 17.2 Å². The minimum Gasteiger partial charge on any atom is -0.354 e. The Hall–Kier alpha value is -1.32. The summed E-state index contributed by atoms with van der Waals surface area (Å²) in [6, 6.07) is 0. The predicted molar refractivity (Wildman–Crippen MR) is 62.6 cm³/mol. The molecule has 2 heterocycles. The quantitative estimate of drug-likeness (QED) is 0.826. The van der Waals surface area contributed by atoms with Gasteiger partial charge in [0, 0.05) is 20.0 Å². The van der Waals surface area contributed by atoms with E-state index in [0.717, 1.165) is 30.9 Å². The van der Waals surface area contributed by atoms with Gasteiger partial charge in [0.1, 0.15) is 11.5 Å². The molecule has 0 fully saturated rings. The van der Waals surface area contributed by atoms with E-state index in [1.807, 2.05) is 0 Å². The minimum atomic E-state index is -0.0581. The fourth-order valence-corrected chi connectivity index (χ4v) is 2.51. The van der Waals surface area contributed by atoms with Crippen molar-refractivity contribution >= 4 is 5.91 Å². The molecule has 0 radical (unpaired) electrons. The van der Waals surface area contributed by atoms with Gasteiger partial charge in [-0.3, -0.25) is 4.79 Å². The van der Waals surface area contributed by atoms with Crippen LogP contribution in [-0.4, -0.2) is 22.5 Å². The molecule has 0 aromatic carbocycles. The number of nitrogens with one attached hydrogen (secondary N) is 1. The van der Waals surface area contributed by atoms with Gasteiger partial charge in [-0.2, -0.15) is 0 Å². The summed E-state index contributed by atoms with van der Waals surface area (Å²) in [5.41, 5.74) is 1.76. The Morgan fingerprint density at radius 2 is 2.38 bits per heavy atom. The van der Waals surface area contributed by atoms with Crippen molar-refractivity contribution in [2.24, 2.45) is 0 Å². The smallest absolute Gasteiger partial charge is 0.271 e. The summed E-state index contributed by atoms with van der Waals surface area (Å²) in [4.78, 5) is 16.3. The third kappa shape index (κ3) is 1.62. The molecule has 0 bridgehead atoms. The van der Waals surface area contributed by atoms with Crippen LogP contribution in [0.25, 0.3) is 0 Å². The number of carbonyl (C=O) groups is 1. The lowest BCUT2D eigenvalue weighted by molar-refractivity contribution is 0.0956. The van der Waals surface area contributed by atoms with Crippen molar-refractivity contribution in [1.29, 1.82) is 0 Å². The molecule has 88 valence electrons. The molecule has 4 nitrogen and oxygen atoms in total. The normalized spacial score (nSPS) is 19.3. The van der Waals surface area contributed by atoms with E-state index in [2.05, 4.69) is 28.7 Å². The van der Waals surface area contributed by atoms with Gasteiger partial charge in [0.05, 0.1) is 5.69 Å². The molecular weight excluding hydrogens is 202 g/mol. The summed E-state index contributed by atoms with van der Waals surface area (Å²) >= 11 is 0. The highest BCUT2D eigenvalue weighted by atomic mass is 16.1. The Kier molecular flexibility index (Phi) is 2.99. The van der Waals surface area contributed by atoms with Gasteiger partial charge >= 0.3 is 0 Å². The van der Waals surface area contributed by atoms with Crippen LogP contribution < -0.4 is 5.32 Å². The number of aryl methyl sites for hydroxylation is 1. The van der Waals surface area contributed by atoms with Crippen molar-refractivity contribution in [1.82, 2.24) is 14.9 Å². The van der Waals surface area contributed by atoms with Crippen molar-refractivity contribution in [2.75, 3.05) is 7.05 Å². The minimum absolute atomic E-state index is 0.0581. The molecule has 1 amide bonds. The van der Waals surface area contributed by atoms with Gasteiger partial charge in [-0.1, -0.05) is 13.8 Å². The Bertz CT molecular complexity index is 409. The number of nitrogens with zero attached hydrogens (tertiary/aromatic N) is 2. The number of amides is 1. The molecule has 1 N–H and O–H groups in total. The molecule has 0 spiro atoms. The van der Waals surface area contributed by atoms with Crippen molar-refractivity contribution in [3.63, 3.8) is 0 Å². The zero-order valence-electron chi connectivity index (χ0n) is 10.2. The SMILES string of the molecule is CCc1nc(C(=O)NC)c2n1CCCC2C. The van der Waals surface area contributed by atoms with Crippen molar-refractivity contribution in [3.8, 4) is 0 Å². The van der Waals surface area contributed by atoms with Gasteiger partial charge in [-0.25, -0.2) is 4.98 Å². The monoisotopic (exact) mass is 221 g/mol. The number of imidazole rings is 1.